The van der Waals surface area contributed by atoms with Gasteiger partial charge in [-0.3, -0.25) is 0 Å². The Balaban J connectivity index is 2.26. The van der Waals surface area contributed by atoms with E-state index in [-0.39, 0.29) is 5.92 Å². The summed E-state index contributed by atoms with van der Waals surface area (Å²) in [5.74, 6) is 0.153. The Labute approximate surface area is 94.9 Å². The molecular formula is C12H15ClN2. The molecule has 1 fully saturated rings. The van der Waals surface area contributed by atoms with Gasteiger partial charge in [-0.25, -0.2) is 0 Å². The summed E-state index contributed by atoms with van der Waals surface area (Å²) in [5, 5.41) is 0.743. The maximum absolute atomic E-state index is 6.07. The lowest BCUT2D eigenvalue weighted by Gasteiger charge is -2.15. The lowest BCUT2D eigenvalue weighted by molar-refractivity contribution is 0.785. The lowest BCUT2D eigenvalue weighted by Crippen LogP contribution is -2.19. The summed E-state index contributed by atoms with van der Waals surface area (Å²) >= 11 is 5.84. The van der Waals surface area contributed by atoms with Gasteiger partial charge in [0.25, 0.3) is 0 Å². The molecule has 0 bridgehead atoms. The van der Waals surface area contributed by atoms with Crippen LogP contribution in [0, 0.1) is 0 Å². The fourth-order valence-corrected chi connectivity index (χ4v) is 1.86. The van der Waals surface area contributed by atoms with Crippen LogP contribution in [0.5, 0.6) is 0 Å². The van der Waals surface area contributed by atoms with Crippen LogP contribution in [0.25, 0.3) is 0 Å². The van der Waals surface area contributed by atoms with Gasteiger partial charge in [0, 0.05) is 23.2 Å². The van der Waals surface area contributed by atoms with Crippen LogP contribution in [0.4, 0.5) is 0 Å². The minimum Gasteiger partial charge on any atom is -0.402 e. The number of benzene rings is 1. The topological polar surface area (TPSA) is 52.0 Å². The molecule has 1 aromatic carbocycles. The third kappa shape index (κ3) is 2.33. The van der Waals surface area contributed by atoms with Gasteiger partial charge in [-0.15, -0.1) is 0 Å². The summed E-state index contributed by atoms with van der Waals surface area (Å²) in [6.07, 6.45) is 2.27. The molecule has 2 rings (SSSR count). The highest BCUT2D eigenvalue weighted by atomic mass is 35.5. The van der Waals surface area contributed by atoms with Gasteiger partial charge in [0.2, 0.25) is 0 Å². The molecule has 4 N–H and O–H groups in total. The van der Waals surface area contributed by atoms with Crippen molar-refractivity contribution in [2.24, 2.45) is 11.5 Å². The molecule has 0 saturated heterocycles. The second-order valence-electron chi connectivity index (χ2n) is 3.90. The van der Waals surface area contributed by atoms with Gasteiger partial charge >= 0.3 is 0 Å². The molecule has 1 aromatic rings. The fourth-order valence-electron chi connectivity index (χ4n) is 1.74. The molecule has 1 aliphatic carbocycles. The molecule has 1 saturated carbocycles. The van der Waals surface area contributed by atoms with E-state index in [0.29, 0.717) is 6.54 Å². The third-order valence-corrected chi connectivity index (χ3v) is 3.04. The van der Waals surface area contributed by atoms with Crippen LogP contribution >= 0.6 is 11.6 Å². The van der Waals surface area contributed by atoms with E-state index in [1.54, 1.807) is 0 Å². The molecule has 80 valence electrons. The van der Waals surface area contributed by atoms with Crippen LogP contribution < -0.4 is 11.5 Å². The highest BCUT2D eigenvalue weighted by Gasteiger charge is 2.22. The summed E-state index contributed by atoms with van der Waals surface area (Å²) in [5.41, 5.74) is 15.3. The van der Waals surface area contributed by atoms with E-state index in [1.165, 1.54) is 5.57 Å². The van der Waals surface area contributed by atoms with Crippen LogP contribution in [0.15, 0.2) is 35.5 Å². The molecule has 3 heteroatoms. The Morgan fingerprint density at radius 3 is 2.33 bits per heavy atom. The van der Waals surface area contributed by atoms with Crippen LogP contribution in [0.2, 0.25) is 5.02 Å². The Bertz CT molecular complexity index is 375. The average molecular weight is 223 g/mol. The zero-order valence-electron chi connectivity index (χ0n) is 8.54. The van der Waals surface area contributed by atoms with Gasteiger partial charge in [-0.1, -0.05) is 29.3 Å². The molecule has 0 aromatic heterocycles. The zero-order valence-corrected chi connectivity index (χ0v) is 9.30. The molecule has 0 radical (unpaired) electrons. The smallest absolute Gasteiger partial charge is 0.0406 e. The van der Waals surface area contributed by atoms with Gasteiger partial charge in [0.1, 0.15) is 0 Å². The monoisotopic (exact) mass is 222 g/mol. The van der Waals surface area contributed by atoms with E-state index < -0.39 is 0 Å². The van der Waals surface area contributed by atoms with Crippen molar-refractivity contribution in [3.05, 3.63) is 46.1 Å². The normalized spacial score (nSPS) is 16.3. The standard InChI is InChI=1S/C12H15ClN2/c13-10-5-3-8(4-6-10)11(7-14)12(15)9-1-2-9/h3-6,11H,1-2,7,14-15H2/t11-/m1/s1. The van der Waals surface area contributed by atoms with E-state index in [2.05, 4.69) is 0 Å². The van der Waals surface area contributed by atoms with Crippen LogP contribution in [-0.2, 0) is 0 Å². The Kier molecular flexibility index (Phi) is 2.98. The number of rotatable bonds is 3. The predicted molar refractivity (Wildman–Crippen MR) is 63.7 cm³/mol. The van der Waals surface area contributed by atoms with Crippen molar-refractivity contribution in [1.29, 1.82) is 0 Å². The van der Waals surface area contributed by atoms with Crippen molar-refractivity contribution in [3.8, 4) is 0 Å². The average Bonchev–Trinajstić information content (AvgIpc) is 3.05. The lowest BCUT2D eigenvalue weighted by atomic mass is 9.95. The van der Waals surface area contributed by atoms with E-state index >= 15 is 0 Å². The fraction of sp³-hybridized carbons (Fsp3) is 0.333. The SMILES string of the molecule is NC[C@@H](C(N)=C1CC1)c1ccc(Cl)cc1. The quantitative estimate of drug-likeness (QED) is 0.825. The maximum atomic E-state index is 6.07. The van der Waals surface area contributed by atoms with E-state index in [4.69, 9.17) is 23.1 Å². The van der Waals surface area contributed by atoms with E-state index in [1.807, 2.05) is 24.3 Å². The molecule has 0 heterocycles. The Morgan fingerprint density at radius 1 is 1.27 bits per heavy atom. The largest absolute Gasteiger partial charge is 0.402 e. The van der Waals surface area contributed by atoms with Crippen LogP contribution in [0.1, 0.15) is 24.3 Å². The number of halogens is 1. The molecular weight excluding hydrogens is 208 g/mol. The first-order chi connectivity index (χ1) is 7.22. The van der Waals surface area contributed by atoms with Gasteiger partial charge in [0.05, 0.1) is 0 Å². The molecule has 0 amide bonds. The number of hydrogen-bond donors (Lipinski definition) is 2. The van der Waals surface area contributed by atoms with Gasteiger partial charge in [0.15, 0.2) is 0 Å². The summed E-state index contributed by atoms with van der Waals surface area (Å²) in [6.45, 7) is 0.553. The highest BCUT2D eigenvalue weighted by Crippen LogP contribution is 2.35. The van der Waals surface area contributed by atoms with Crippen molar-refractivity contribution in [2.45, 2.75) is 18.8 Å². The molecule has 0 spiro atoms. The summed E-state index contributed by atoms with van der Waals surface area (Å²) in [6, 6.07) is 7.75. The number of allylic oxidation sites excluding steroid dienone is 1. The van der Waals surface area contributed by atoms with Crippen molar-refractivity contribution in [3.63, 3.8) is 0 Å². The minimum absolute atomic E-state index is 0.153. The Hall–Kier alpha value is -0.990. The molecule has 0 unspecified atom stereocenters. The molecule has 15 heavy (non-hydrogen) atoms. The van der Waals surface area contributed by atoms with Crippen LogP contribution in [-0.4, -0.2) is 6.54 Å². The molecule has 1 atom stereocenters. The number of hydrogen-bond acceptors (Lipinski definition) is 2. The first kappa shape index (κ1) is 10.5. The summed E-state index contributed by atoms with van der Waals surface area (Å²) in [4.78, 5) is 0. The molecule has 0 aliphatic heterocycles. The van der Waals surface area contributed by atoms with Crippen molar-refractivity contribution in [2.75, 3.05) is 6.54 Å². The summed E-state index contributed by atoms with van der Waals surface area (Å²) in [7, 11) is 0. The Morgan fingerprint density at radius 2 is 1.87 bits per heavy atom. The van der Waals surface area contributed by atoms with Gasteiger partial charge < -0.3 is 11.5 Å². The van der Waals surface area contributed by atoms with E-state index in [9.17, 15) is 0 Å². The van der Waals surface area contributed by atoms with Crippen LogP contribution in [0.3, 0.4) is 0 Å². The third-order valence-electron chi connectivity index (χ3n) is 2.79. The highest BCUT2D eigenvalue weighted by molar-refractivity contribution is 6.30. The minimum atomic E-state index is 0.153. The first-order valence-electron chi connectivity index (χ1n) is 5.15. The maximum Gasteiger partial charge on any atom is 0.0406 e. The van der Waals surface area contributed by atoms with Crippen molar-refractivity contribution >= 4 is 11.6 Å². The predicted octanol–water partition coefficient (Wildman–Crippen LogP) is 2.39. The van der Waals surface area contributed by atoms with Crippen molar-refractivity contribution in [1.82, 2.24) is 0 Å². The number of nitrogens with two attached hydrogens (primary N) is 2. The zero-order chi connectivity index (χ0) is 10.8. The summed E-state index contributed by atoms with van der Waals surface area (Å²) < 4.78 is 0. The molecule has 2 nitrogen and oxygen atoms in total. The second kappa shape index (κ2) is 4.25. The van der Waals surface area contributed by atoms with E-state index in [0.717, 1.165) is 29.1 Å². The molecule has 1 aliphatic rings. The van der Waals surface area contributed by atoms with Gasteiger partial charge in [-0.05, 0) is 30.5 Å². The second-order valence-corrected chi connectivity index (χ2v) is 4.34. The van der Waals surface area contributed by atoms with Crippen molar-refractivity contribution < 1.29 is 0 Å². The van der Waals surface area contributed by atoms with Gasteiger partial charge in [-0.2, -0.15) is 0 Å². The first-order valence-corrected chi connectivity index (χ1v) is 5.53.